The second kappa shape index (κ2) is 8.60. The molecule has 0 amide bonds. The Bertz CT molecular complexity index is 845. The monoisotopic (exact) mass is 377 g/mol. The summed E-state index contributed by atoms with van der Waals surface area (Å²) in [7, 11) is 0. The van der Waals surface area contributed by atoms with Gasteiger partial charge in [0.15, 0.2) is 17.7 Å². The third-order valence-corrected chi connectivity index (χ3v) is 4.16. The van der Waals surface area contributed by atoms with E-state index in [2.05, 4.69) is 26.8 Å². The topological polar surface area (TPSA) is 149 Å². The molecule has 3 rings (SSSR count). The Hall–Kier alpha value is -2.29. The van der Waals surface area contributed by atoms with Crippen LogP contribution >= 0.6 is 0 Å². The lowest BCUT2D eigenvalue weighted by molar-refractivity contribution is -0.0511. The number of aromatic nitrogens is 4. The quantitative estimate of drug-likeness (QED) is 0.374. The summed E-state index contributed by atoms with van der Waals surface area (Å²) in [5.74, 6) is 6.12. The van der Waals surface area contributed by atoms with Crippen LogP contribution in [0.4, 0.5) is 5.82 Å². The predicted octanol–water partition coefficient (Wildman–Crippen LogP) is -0.812. The molecule has 10 heteroatoms. The van der Waals surface area contributed by atoms with Crippen molar-refractivity contribution >= 4 is 17.0 Å². The Morgan fingerprint density at radius 3 is 2.81 bits per heavy atom. The number of nitrogens with two attached hydrogens (primary N) is 1. The number of aliphatic hydroxyl groups is 3. The molecule has 0 aromatic carbocycles. The van der Waals surface area contributed by atoms with Crippen LogP contribution in [0, 0.1) is 11.8 Å². The maximum atomic E-state index is 10.2. The van der Waals surface area contributed by atoms with Gasteiger partial charge >= 0.3 is 0 Å². The number of fused-ring (bicyclic) bond motifs is 1. The van der Waals surface area contributed by atoms with E-state index in [0.717, 1.165) is 6.42 Å². The molecule has 0 unspecified atom stereocenters. The van der Waals surface area contributed by atoms with Crippen molar-refractivity contribution < 1.29 is 24.8 Å². The van der Waals surface area contributed by atoms with E-state index in [-0.39, 0.29) is 11.6 Å². The van der Waals surface area contributed by atoms with Crippen LogP contribution in [-0.4, -0.2) is 73.0 Å². The van der Waals surface area contributed by atoms with Gasteiger partial charge in [0.25, 0.3) is 0 Å². The van der Waals surface area contributed by atoms with Crippen molar-refractivity contribution in [1.82, 2.24) is 19.5 Å². The van der Waals surface area contributed by atoms with Crippen molar-refractivity contribution in [2.75, 3.05) is 25.6 Å². The van der Waals surface area contributed by atoms with Gasteiger partial charge in [0.1, 0.15) is 23.8 Å². The summed E-state index contributed by atoms with van der Waals surface area (Å²) in [6.45, 7) is 2.84. The van der Waals surface area contributed by atoms with E-state index in [1.54, 1.807) is 0 Å². The molecule has 0 radical (unpaired) electrons. The van der Waals surface area contributed by atoms with Crippen LogP contribution in [0.5, 0.6) is 0 Å². The molecule has 1 fully saturated rings. The smallest absolute Gasteiger partial charge is 0.208 e. The highest BCUT2D eigenvalue weighted by Gasteiger charge is 2.44. The Balaban J connectivity index is 1.84. The zero-order valence-corrected chi connectivity index (χ0v) is 14.9. The van der Waals surface area contributed by atoms with Gasteiger partial charge in [-0.15, -0.1) is 0 Å². The molecular formula is C17H23N5O5. The maximum Gasteiger partial charge on any atom is 0.208 e. The lowest BCUT2D eigenvalue weighted by Gasteiger charge is -2.16. The largest absolute Gasteiger partial charge is 0.394 e. The summed E-state index contributed by atoms with van der Waals surface area (Å²) >= 11 is 0. The van der Waals surface area contributed by atoms with Crippen molar-refractivity contribution in [2.24, 2.45) is 0 Å². The highest BCUT2D eigenvalue weighted by molar-refractivity contribution is 5.82. The van der Waals surface area contributed by atoms with Crippen molar-refractivity contribution in [3.63, 3.8) is 0 Å². The molecule has 146 valence electrons. The fraction of sp³-hybridized carbons (Fsp3) is 0.588. The highest BCUT2D eigenvalue weighted by Crippen LogP contribution is 2.31. The third kappa shape index (κ3) is 4.02. The third-order valence-electron chi connectivity index (χ3n) is 4.16. The molecule has 0 spiro atoms. The van der Waals surface area contributed by atoms with Gasteiger partial charge in [-0.05, 0) is 12.3 Å². The van der Waals surface area contributed by atoms with Crippen LogP contribution in [-0.2, 0) is 9.47 Å². The number of aliphatic hydroxyl groups excluding tert-OH is 3. The molecule has 10 nitrogen and oxygen atoms in total. The number of anilines is 1. The first-order chi connectivity index (χ1) is 13.1. The summed E-state index contributed by atoms with van der Waals surface area (Å²) in [5.41, 5.74) is 6.60. The first-order valence-electron chi connectivity index (χ1n) is 8.76. The van der Waals surface area contributed by atoms with Gasteiger partial charge in [-0.2, -0.15) is 0 Å². The van der Waals surface area contributed by atoms with Gasteiger partial charge in [0.05, 0.1) is 19.5 Å². The summed E-state index contributed by atoms with van der Waals surface area (Å²) in [4.78, 5) is 12.6. The molecule has 1 aliphatic rings. The summed E-state index contributed by atoms with van der Waals surface area (Å²) in [6, 6.07) is 0. The van der Waals surface area contributed by atoms with Crippen molar-refractivity contribution in [2.45, 2.75) is 44.3 Å². The fourth-order valence-electron chi connectivity index (χ4n) is 2.80. The van der Waals surface area contributed by atoms with E-state index in [0.29, 0.717) is 30.8 Å². The van der Waals surface area contributed by atoms with Crippen LogP contribution in [0.15, 0.2) is 6.33 Å². The van der Waals surface area contributed by atoms with Crippen molar-refractivity contribution in [3.05, 3.63) is 12.2 Å². The Morgan fingerprint density at radius 2 is 2.11 bits per heavy atom. The fourth-order valence-corrected chi connectivity index (χ4v) is 2.80. The normalized spacial score (nSPS) is 24.9. The molecule has 1 aliphatic heterocycles. The molecular weight excluding hydrogens is 354 g/mol. The lowest BCUT2D eigenvalue weighted by Crippen LogP contribution is -2.33. The van der Waals surface area contributed by atoms with E-state index in [9.17, 15) is 15.3 Å². The number of nitrogens with zero attached hydrogens (tertiary/aromatic N) is 4. The van der Waals surface area contributed by atoms with E-state index in [1.807, 2.05) is 6.92 Å². The molecule has 2 aromatic heterocycles. The summed E-state index contributed by atoms with van der Waals surface area (Å²) < 4.78 is 12.3. The molecule has 4 atom stereocenters. The molecule has 0 aliphatic carbocycles. The minimum atomic E-state index is -1.25. The molecule has 3 heterocycles. The van der Waals surface area contributed by atoms with Gasteiger partial charge in [-0.1, -0.05) is 12.8 Å². The Labute approximate surface area is 156 Å². The Morgan fingerprint density at radius 1 is 1.30 bits per heavy atom. The molecule has 27 heavy (non-hydrogen) atoms. The number of rotatable bonds is 6. The van der Waals surface area contributed by atoms with Crippen molar-refractivity contribution in [3.8, 4) is 11.8 Å². The van der Waals surface area contributed by atoms with E-state index >= 15 is 0 Å². The molecule has 0 bridgehead atoms. The highest BCUT2D eigenvalue weighted by atomic mass is 16.6. The minimum Gasteiger partial charge on any atom is -0.394 e. The van der Waals surface area contributed by atoms with Gasteiger partial charge < -0.3 is 30.5 Å². The second-order valence-corrected chi connectivity index (χ2v) is 6.15. The van der Waals surface area contributed by atoms with Crippen LogP contribution < -0.4 is 5.73 Å². The van der Waals surface area contributed by atoms with Crippen LogP contribution in [0.2, 0.25) is 0 Å². The van der Waals surface area contributed by atoms with Gasteiger partial charge in [-0.25, -0.2) is 15.0 Å². The van der Waals surface area contributed by atoms with Crippen LogP contribution in [0.25, 0.3) is 11.2 Å². The standard InChI is InChI=1S/C17H23N5O5/c1-2-6-26-7-4-3-5-11-20-15(18)12-16(21-11)22(9-19-12)17-14(25)13(24)10(8-23)27-17/h9-10,13-14,17,23-25H,2,4,6-8H2,1H3,(H2,18,20,21)/t10-,13-,14-,17-/m1/s1. The average molecular weight is 377 g/mol. The van der Waals surface area contributed by atoms with Gasteiger partial charge in [0.2, 0.25) is 5.82 Å². The number of ether oxygens (including phenoxy) is 2. The lowest BCUT2D eigenvalue weighted by atomic mass is 10.1. The number of imidazole rings is 1. The van der Waals surface area contributed by atoms with Gasteiger partial charge in [-0.3, -0.25) is 4.57 Å². The van der Waals surface area contributed by atoms with Gasteiger partial charge in [0, 0.05) is 13.0 Å². The first-order valence-corrected chi connectivity index (χ1v) is 8.76. The molecule has 1 saturated heterocycles. The number of nitrogen functional groups attached to an aromatic ring is 1. The predicted molar refractivity (Wildman–Crippen MR) is 95.3 cm³/mol. The van der Waals surface area contributed by atoms with Crippen LogP contribution in [0.1, 0.15) is 31.8 Å². The summed E-state index contributed by atoms with van der Waals surface area (Å²) in [6.07, 6.45) is -1.45. The van der Waals surface area contributed by atoms with E-state index in [1.165, 1.54) is 10.9 Å². The molecule has 2 aromatic rings. The zero-order chi connectivity index (χ0) is 19.4. The zero-order valence-electron chi connectivity index (χ0n) is 14.9. The van der Waals surface area contributed by atoms with Crippen molar-refractivity contribution in [1.29, 1.82) is 0 Å². The molecule has 0 saturated carbocycles. The number of hydrogen-bond donors (Lipinski definition) is 4. The van der Waals surface area contributed by atoms with Crippen LogP contribution in [0.3, 0.4) is 0 Å². The minimum absolute atomic E-state index is 0.150. The van der Waals surface area contributed by atoms with E-state index in [4.69, 9.17) is 15.2 Å². The Kier molecular flexibility index (Phi) is 6.20. The number of hydrogen-bond acceptors (Lipinski definition) is 9. The first kappa shape index (κ1) is 19.5. The molecule has 5 N–H and O–H groups in total. The second-order valence-electron chi connectivity index (χ2n) is 6.15. The maximum absolute atomic E-state index is 10.2. The average Bonchev–Trinajstić information content (AvgIpc) is 3.20. The van der Waals surface area contributed by atoms with E-state index < -0.39 is 31.1 Å². The SMILES string of the molecule is CCCOCCC#Cc1nc(N)c2ncn([C@@H]3O[C@H](CO)[C@@H](O)[C@H]3O)c2n1. The summed E-state index contributed by atoms with van der Waals surface area (Å²) in [5, 5.41) is 29.4.